The summed E-state index contributed by atoms with van der Waals surface area (Å²) in [5.74, 6) is 1.55. The first kappa shape index (κ1) is 28.0. The lowest BCUT2D eigenvalue weighted by atomic mass is 9.92. The largest absolute Gasteiger partial charge is 0.489 e. The van der Waals surface area contributed by atoms with E-state index in [1.165, 1.54) is 16.7 Å². The fourth-order valence-electron chi connectivity index (χ4n) is 4.72. The van der Waals surface area contributed by atoms with Crippen LogP contribution in [0.15, 0.2) is 103 Å². The van der Waals surface area contributed by atoms with Crippen LogP contribution in [0, 0.1) is 0 Å². The second-order valence-electron chi connectivity index (χ2n) is 10.6. The number of carbonyl (C=O) groups is 1. The topological polar surface area (TPSA) is 41.6 Å². The maximum absolute atomic E-state index is 13.2. The summed E-state index contributed by atoms with van der Waals surface area (Å²) >= 11 is 0. The Labute approximate surface area is 233 Å². The number of benzene rings is 4. The van der Waals surface area contributed by atoms with Gasteiger partial charge in [0.25, 0.3) is 0 Å². The third-order valence-electron chi connectivity index (χ3n) is 6.91. The van der Waals surface area contributed by atoms with E-state index >= 15 is 0 Å². The number of nitrogens with zero attached hydrogens (tertiary/aromatic N) is 1. The number of carbonyl (C=O) groups excluding carboxylic acids is 1. The zero-order valence-electron chi connectivity index (χ0n) is 23.6. The molecule has 0 aliphatic carbocycles. The molecule has 0 aliphatic rings. The molecule has 0 fully saturated rings. The van der Waals surface area contributed by atoms with Crippen molar-refractivity contribution in [3.8, 4) is 5.75 Å². The molecule has 4 heteroatoms. The first-order valence-electron chi connectivity index (χ1n) is 13.9. The van der Waals surface area contributed by atoms with E-state index in [-0.39, 0.29) is 5.91 Å². The van der Waals surface area contributed by atoms with Crippen molar-refractivity contribution in [1.82, 2.24) is 0 Å². The summed E-state index contributed by atoms with van der Waals surface area (Å²) in [4.78, 5) is 15.5. The molecule has 4 rings (SSSR count). The molecular weight excluding hydrogens is 480 g/mol. The van der Waals surface area contributed by atoms with Crippen LogP contribution in [0.1, 0.15) is 68.2 Å². The molecule has 0 aromatic heterocycles. The monoisotopic (exact) mass is 520 g/mol. The summed E-state index contributed by atoms with van der Waals surface area (Å²) in [6, 6.07) is 35.0. The van der Waals surface area contributed by atoms with Crippen molar-refractivity contribution in [3.63, 3.8) is 0 Å². The minimum Gasteiger partial charge on any atom is -0.489 e. The Morgan fingerprint density at radius 3 is 1.90 bits per heavy atom. The maximum Gasteiger partial charge on any atom is 0.226 e. The summed E-state index contributed by atoms with van der Waals surface area (Å²) in [7, 11) is 0. The second kappa shape index (κ2) is 13.7. The quantitative estimate of drug-likeness (QED) is 0.203. The first-order valence-corrected chi connectivity index (χ1v) is 13.9. The number of amides is 1. The van der Waals surface area contributed by atoms with Gasteiger partial charge >= 0.3 is 0 Å². The van der Waals surface area contributed by atoms with Crippen LogP contribution < -0.4 is 15.0 Å². The summed E-state index contributed by atoms with van der Waals surface area (Å²) in [6.45, 7) is 10.5. The minimum atomic E-state index is 0.0376. The third kappa shape index (κ3) is 7.97. The molecule has 202 valence electrons. The Morgan fingerprint density at radius 1 is 0.718 bits per heavy atom. The first-order chi connectivity index (χ1) is 18.9. The molecule has 0 unspecified atom stereocenters. The van der Waals surface area contributed by atoms with Gasteiger partial charge in [-0.1, -0.05) is 107 Å². The van der Waals surface area contributed by atoms with Gasteiger partial charge in [0, 0.05) is 30.9 Å². The molecule has 4 nitrogen and oxygen atoms in total. The predicted molar refractivity (Wildman–Crippen MR) is 163 cm³/mol. The zero-order chi connectivity index (χ0) is 27.6. The number of nitrogens with one attached hydrogen (secondary N) is 1. The van der Waals surface area contributed by atoms with Gasteiger partial charge in [-0.2, -0.15) is 0 Å². The molecule has 1 amide bonds. The summed E-state index contributed by atoms with van der Waals surface area (Å²) in [5, 5.41) is 3.27. The van der Waals surface area contributed by atoms with Crippen LogP contribution in [0.5, 0.6) is 5.75 Å². The average molecular weight is 521 g/mol. The lowest BCUT2D eigenvalue weighted by Gasteiger charge is -2.25. The third-order valence-corrected chi connectivity index (χ3v) is 6.91. The molecule has 0 radical (unpaired) electrons. The zero-order valence-corrected chi connectivity index (χ0v) is 23.6. The van der Waals surface area contributed by atoms with Crippen LogP contribution in [-0.4, -0.2) is 12.5 Å². The van der Waals surface area contributed by atoms with Crippen molar-refractivity contribution in [2.24, 2.45) is 0 Å². The lowest BCUT2D eigenvalue weighted by Crippen LogP contribution is -2.28. The molecule has 0 spiro atoms. The Kier molecular flexibility index (Phi) is 9.80. The van der Waals surface area contributed by atoms with Crippen molar-refractivity contribution in [2.75, 3.05) is 16.8 Å². The number of para-hydroxylation sites is 2. The van der Waals surface area contributed by atoms with Crippen LogP contribution in [0.4, 0.5) is 11.4 Å². The summed E-state index contributed by atoms with van der Waals surface area (Å²) in [6.07, 6.45) is 0.400. The van der Waals surface area contributed by atoms with Gasteiger partial charge < -0.3 is 15.0 Å². The fourth-order valence-corrected chi connectivity index (χ4v) is 4.72. The smallest absolute Gasteiger partial charge is 0.226 e. The molecule has 1 N–H and O–H groups in total. The molecule has 0 saturated carbocycles. The molecular formula is C35H40N2O2. The van der Waals surface area contributed by atoms with Gasteiger partial charge in [-0.05, 0) is 58.4 Å². The van der Waals surface area contributed by atoms with Crippen molar-refractivity contribution < 1.29 is 9.53 Å². The fraction of sp³-hybridized carbons (Fsp3) is 0.286. The standard InChI is InChI=1S/C35H40N2O2/c1-26(2)32-16-11-17-33(27(3)4)35(32)36-34(38)22-23-37(30-14-9-6-10-15-30)24-28-18-20-31(21-19-28)39-25-29-12-7-5-8-13-29/h5-21,26-27H,22-25H2,1-4H3,(H,36,38). The highest BCUT2D eigenvalue weighted by Gasteiger charge is 2.17. The van der Waals surface area contributed by atoms with E-state index in [2.05, 4.69) is 92.5 Å². The van der Waals surface area contributed by atoms with Gasteiger partial charge in [0.1, 0.15) is 12.4 Å². The Hall–Kier alpha value is -4.05. The van der Waals surface area contributed by atoms with Crippen molar-refractivity contribution >= 4 is 17.3 Å². The van der Waals surface area contributed by atoms with Crippen molar-refractivity contribution in [2.45, 2.75) is 59.1 Å². The van der Waals surface area contributed by atoms with Gasteiger partial charge in [-0.25, -0.2) is 0 Å². The Morgan fingerprint density at radius 2 is 1.31 bits per heavy atom. The number of hydrogen-bond donors (Lipinski definition) is 1. The molecule has 0 bridgehead atoms. The molecule has 4 aromatic carbocycles. The number of hydrogen-bond acceptors (Lipinski definition) is 3. The highest BCUT2D eigenvalue weighted by molar-refractivity contribution is 5.93. The van der Waals surface area contributed by atoms with E-state index in [1.54, 1.807) is 0 Å². The SMILES string of the molecule is CC(C)c1cccc(C(C)C)c1NC(=O)CCN(Cc1ccc(OCc2ccccc2)cc1)c1ccccc1. The summed E-state index contributed by atoms with van der Waals surface area (Å²) in [5.41, 5.74) is 6.75. The molecule has 0 heterocycles. The number of anilines is 2. The van der Waals surface area contributed by atoms with Crippen LogP contribution in [0.25, 0.3) is 0 Å². The number of ether oxygens (including phenoxy) is 1. The van der Waals surface area contributed by atoms with Crippen molar-refractivity contribution in [3.05, 3.63) is 125 Å². The van der Waals surface area contributed by atoms with Crippen LogP contribution in [0.2, 0.25) is 0 Å². The molecule has 39 heavy (non-hydrogen) atoms. The van der Waals surface area contributed by atoms with Crippen LogP contribution in [0.3, 0.4) is 0 Å². The number of rotatable bonds is 12. The normalized spacial score (nSPS) is 11.0. The van der Waals surface area contributed by atoms with Gasteiger partial charge in [-0.15, -0.1) is 0 Å². The molecule has 4 aromatic rings. The maximum atomic E-state index is 13.2. The highest BCUT2D eigenvalue weighted by atomic mass is 16.5. The van der Waals surface area contributed by atoms with Gasteiger partial charge in [-0.3, -0.25) is 4.79 Å². The second-order valence-corrected chi connectivity index (χ2v) is 10.6. The van der Waals surface area contributed by atoms with Gasteiger partial charge in [0.05, 0.1) is 0 Å². The van der Waals surface area contributed by atoms with E-state index in [4.69, 9.17) is 4.74 Å². The molecule has 0 saturated heterocycles. The van der Waals surface area contributed by atoms with E-state index in [9.17, 15) is 4.79 Å². The van der Waals surface area contributed by atoms with E-state index in [0.29, 0.717) is 38.0 Å². The van der Waals surface area contributed by atoms with E-state index in [0.717, 1.165) is 22.7 Å². The van der Waals surface area contributed by atoms with Crippen molar-refractivity contribution in [1.29, 1.82) is 0 Å². The summed E-state index contributed by atoms with van der Waals surface area (Å²) < 4.78 is 5.96. The Bertz CT molecular complexity index is 1290. The molecule has 0 aliphatic heterocycles. The minimum absolute atomic E-state index is 0.0376. The predicted octanol–water partition coefficient (Wildman–Crippen LogP) is 8.55. The average Bonchev–Trinajstić information content (AvgIpc) is 2.95. The Balaban J connectivity index is 1.42. The van der Waals surface area contributed by atoms with Gasteiger partial charge in [0.15, 0.2) is 0 Å². The van der Waals surface area contributed by atoms with E-state index in [1.807, 2.05) is 48.5 Å². The van der Waals surface area contributed by atoms with E-state index < -0.39 is 0 Å². The molecule has 0 atom stereocenters. The highest BCUT2D eigenvalue weighted by Crippen LogP contribution is 2.32. The van der Waals surface area contributed by atoms with Crippen LogP contribution >= 0.6 is 0 Å². The van der Waals surface area contributed by atoms with Crippen LogP contribution in [-0.2, 0) is 17.9 Å². The van der Waals surface area contributed by atoms with Gasteiger partial charge in [0.2, 0.25) is 5.91 Å². The lowest BCUT2D eigenvalue weighted by molar-refractivity contribution is -0.116.